The van der Waals surface area contributed by atoms with E-state index in [1.165, 1.54) is 5.56 Å². The molecule has 0 spiro atoms. The van der Waals surface area contributed by atoms with E-state index in [9.17, 15) is 0 Å². The van der Waals surface area contributed by atoms with Gasteiger partial charge >= 0.3 is 0 Å². The second kappa shape index (κ2) is 6.34. The molecule has 0 aliphatic rings. The van der Waals surface area contributed by atoms with Gasteiger partial charge in [-0.3, -0.25) is 4.98 Å². The molecule has 0 fully saturated rings. The number of rotatable bonds is 5. The topological polar surface area (TPSA) is 34.1 Å². The van der Waals surface area contributed by atoms with Gasteiger partial charge in [-0.05, 0) is 23.3 Å². The third-order valence-corrected chi connectivity index (χ3v) is 2.92. The van der Waals surface area contributed by atoms with Crippen molar-refractivity contribution in [3.63, 3.8) is 0 Å². The molecule has 0 unspecified atom stereocenters. The molecule has 1 aromatic heterocycles. The fraction of sp³-hybridized carbons (Fsp3) is 0.312. The number of hydrogen-bond donors (Lipinski definition) is 1. The molecule has 0 atom stereocenters. The molecule has 0 aliphatic heterocycles. The number of nitrogens with zero attached hydrogens (tertiary/aromatic N) is 1. The smallest absolute Gasteiger partial charge is 0.137 e. The van der Waals surface area contributed by atoms with Crippen molar-refractivity contribution >= 4 is 0 Å². The summed E-state index contributed by atoms with van der Waals surface area (Å²) >= 11 is 0. The normalized spacial score (nSPS) is 10.7. The van der Waals surface area contributed by atoms with Crippen molar-refractivity contribution in [1.82, 2.24) is 10.3 Å². The summed E-state index contributed by atoms with van der Waals surface area (Å²) in [5.74, 6) is 0.781. The van der Waals surface area contributed by atoms with Gasteiger partial charge in [0.15, 0.2) is 0 Å². The largest absolute Gasteiger partial charge is 0.495 e. The van der Waals surface area contributed by atoms with Crippen molar-refractivity contribution in [2.24, 2.45) is 0 Å². The molecule has 0 aliphatic carbocycles. The highest BCUT2D eigenvalue weighted by Gasteiger charge is 2.02. The van der Waals surface area contributed by atoms with Crippen LogP contribution in [-0.2, 0) is 6.54 Å². The Morgan fingerprint density at radius 2 is 2.00 bits per heavy atom. The molecule has 19 heavy (non-hydrogen) atoms. The second-order valence-corrected chi connectivity index (χ2v) is 4.85. The fourth-order valence-electron chi connectivity index (χ4n) is 1.87. The van der Waals surface area contributed by atoms with Crippen molar-refractivity contribution in [1.29, 1.82) is 0 Å². The molecule has 3 nitrogen and oxygen atoms in total. The minimum atomic E-state index is 0.488. The van der Waals surface area contributed by atoms with E-state index in [1.807, 2.05) is 12.3 Å². The van der Waals surface area contributed by atoms with Gasteiger partial charge in [-0.15, -0.1) is 0 Å². The highest BCUT2D eigenvalue weighted by Crippen LogP contribution is 2.23. The molecular weight excluding hydrogens is 236 g/mol. The predicted octanol–water partition coefficient (Wildman–Crippen LogP) is 3.26. The Morgan fingerprint density at radius 3 is 2.74 bits per heavy atom. The Kier molecular flexibility index (Phi) is 4.53. The van der Waals surface area contributed by atoms with Crippen LogP contribution in [0.2, 0.25) is 0 Å². The van der Waals surface area contributed by atoms with Gasteiger partial charge in [0, 0.05) is 24.3 Å². The molecule has 0 bridgehead atoms. The number of ether oxygens (including phenoxy) is 1. The molecule has 3 heteroatoms. The quantitative estimate of drug-likeness (QED) is 0.891. The van der Waals surface area contributed by atoms with E-state index in [0.29, 0.717) is 6.04 Å². The lowest BCUT2D eigenvalue weighted by Gasteiger charge is -2.10. The summed E-state index contributed by atoms with van der Waals surface area (Å²) in [5, 5.41) is 3.42. The third kappa shape index (κ3) is 3.80. The summed E-state index contributed by atoms with van der Waals surface area (Å²) in [4.78, 5) is 4.20. The van der Waals surface area contributed by atoms with E-state index < -0.39 is 0 Å². The number of benzene rings is 1. The maximum absolute atomic E-state index is 5.21. The predicted molar refractivity (Wildman–Crippen MR) is 78.2 cm³/mol. The van der Waals surface area contributed by atoms with Crippen LogP contribution in [0.25, 0.3) is 11.1 Å². The van der Waals surface area contributed by atoms with Crippen molar-refractivity contribution in [2.75, 3.05) is 7.11 Å². The van der Waals surface area contributed by atoms with Crippen LogP contribution in [0.1, 0.15) is 19.4 Å². The average molecular weight is 256 g/mol. The summed E-state index contributed by atoms with van der Waals surface area (Å²) in [6, 6.07) is 11.0. The Hall–Kier alpha value is -1.87. The first-order valence-corrected chi connectivity index (χ1v) is 6.51. The molecule has 100 valence electrons. The first kappa shape index (κ1) is 13.6. The molecule has 0 radical (unpaired) electrons. The molecule has 0 saturated carbocycles. The van der Waals surface area contributed by atoms with E-state index in [4.69, 9.17) is 4.74 Å². The van der Waals surface area contributed by atoms with E-state index in [0.717, 1.165) is 23.4 Å². The number of pyridine rings is 1. The summed E-state index contributed by atoms with van der Waals surface area (Å²) in [5.41, 5.74) is 3.51. The molecule has 2 aromatic rings. The van der Waals surface area contributed by atoms with Gasteiger partial charge in [0.2, 0.25) is 0 Å². The third-order valence-electron chi connectivity index (χ3n) is 2.92. The van der Waals surface area contributed by atoms with Gasteiger partial charge in [0.1, 0.15) is 5.75 Å². The van der Waals surface area contributed by atoms with Gasteiger partial charge in [-0.1, -0.05) is 32.0 Å². The Morgan fingerprint density at radius 1 is 1.16 bits per heavy atom. The minimum Gasteiger partial charge on any atom is -0.495 e. The van der Waals surface area contributed by atoms with Gasteiger partial charge in [-0.2, -0.15) is 0 Å². The molecule has 1 heterocycles. The average Bonchev–Trinajstić information content (AvgIpc) is 2.45. The van der Waals surface area contributed by atoms with Crippen LogP contribution in [0.3, 0.4) is 0 Å². The Labute approximate surface area is 114 Å². The molecule has 2 rings (SSSR count). The molecule has 1 aromatic carbocycles. The van der Waals surface area contributed by atoms with Crippen LogP contribution in [-0.4, -0.2) is 18.1 Å². The fourth-order valence-corrected chi connectivity index (χ4v) is 1.87. The SMILES string of the molecule is COc1cncc(-c2cccc(CNC(C)C)c2)c1. The van der Waals surface area contributed by atoms with Crippen LogP contribution in [0, 0.1) is 0 Å². The minimum absolute atomic E-state index is 0.488. The number of aromatic nitrogens is 1. The first-order valence-electron chi connectivity index (χ1n) is 6.51. The highest BCUT2D eigenvalue weighted by molar-refractivity contribution is 5.64. The summed E-state index contributed by atoms with van der Waals surface area (Å²) in [6.45, 7) is 5.18. The lowest BCUT2D eigenvalue weighted by Crippen LogP contribution is -2.21. The van der Waals surface area contributed by atoms with Gasteiger partial charge in [-0.25, -0.2) is 0 Å². The van der Waals surface area contributed by atoms with Gasteiger partial charge in [0.25, 0.3) is 0 Å². The highest BCUT2D eigenvalue weighted by atomic mass is 16.5. The van der Waals surface area contributed by atoms with Crippen LogP contribution >= 0.6 is 0 Å². The van der Waals surface area contributed by atoms with Crippen LogP contribution in [0.5, 0.6) is 5.75 Å². The summed E-state index contributed by atoms with van der Waals surface area (Å²) in [7, 11) is 1.66. The van der Waals surface area contributed by atoms with Crippen LogP contribution in [0.15, 0.2) is 42.7 Å². The first-order chi connectivity index (χ1) is 9.19. The molecule has 0 saturated heterocycles. The van der Waals surface area contributed by atoms with Crippen LogP contribution < -0.4 is 10.1 Å². The van der Waals surface area contributed by atoms with Crippen molar-refractivity contribution in [3.8, 4) is 16.9 Å². The van der Waals surface area contributed by atoms with Gasteiger partial charge in [0.05, 0.1) is 13.3 Å². The number of nitrogens with one attached hydrogen (secondary N) is 1. The van der Waals surface area contributed by atoms with Crippen molar-refractivity contribution in [3.05, 3.63) is 48.3 Å². The maximum Gasteiger partial charge on any atom is 0.137 e. The molecular formula is C16H20N2O. The number of methoxy groups -OCH3 is 1. The maximum atomic E-state index is 5.21. The zero-order chi connectivity index (χ0) is 13.7. The van der Waals surface area contributed by atoms with Gasteiger partial charge < -0.3 is 10.1 Å². The molecule has 0 amide bonds. The van der Waals surface area contributed by atoms with Crippen molar-refractivity contribution in [2.45, 2.75) is 26.4 Å². The summed E-state index contributed by atoms with van der Waals surface area (Å²) in [6.07, 6.45) is 3.57. The van der Waals surface area contributed by atoms with E-state index >= 15 is 0 Å². The van der Waals surface area contributed by atoms with E-state index in [-0.39, 0.29) is 0 Å². The monoisotopic (exact) mass is 256 g/mol. The van der Waals surface area contributed by atoms with Crippen molar-refractivity contribution < 1.29 is 4.74 Å². The standard InChI is InChI=1S/C16H20N2O/c1-12(2)18-9-13-5-4-6-14(7-13)15-8-16(19-3)11-17-10-15/h4-8,10-12,18H,9H2,1-3H3. The van der Waals surface area contributed by atoms with E-state index in [2.05, 4.69) is 48.4 Å². The summed E-state index contributed by atoms with van der Waals surface area (Å²) < 4.78 is 5.21. The number of hydrogen-bond acceptors (Lipinski definition) is 3. The zero-order valence-electron chi connectivity index (χ0n) is 11.7. The van der Waals surface area contributed by atoms with E-state index in [1.54, 1.807) is 13.3 Å². The zero-order valence-corrected chi connectivity index (χ0v) is 11.7. The van der Waals surface area contributed by atoms with Crippen LogP contribution in [0.4, 0.5) is 0 Å². The molecule has 1 N–H and O–H groups in total. The lowest BCUT2D eigenvalue weighted by molar-refractivity contribution is 0.413. The Balaban J connectivity index is 2.22. The lowest BCUT2D eigenvalue weighted by atomic mass is 10.0. The Bertz CT molecular complexity index is 538. The second-order valence-electron chi connectivity index (χ2n) is 4.85.